The van der Waals surface area contributed by atoms with Crippen LogP contribution in [0.15, 0.2) is 23.5 Å². The van der Waals surface area contributed by atoms with Crippen LogP contribution in [0.3, 0.4) is 0 Å². The van der Waals surface area contributed by atoms with Gasteiger partial charge in [-0.2, -0.15) is 5.10 Å². The molecule has 0 aliphatic heterocycles. The maximum atomic E-state index is 11.7. The van der Waals surface area contributed by atoms with Gasteiger partial charge in [-0.3, -0.25) is 9.48 Å². The summed E-state index contributed by atoms with van der Waals surface area (Å²) in [7, 11) is -2.44. The van der Waals surface area contributed by atoms with Gasteiger partial charge < -0.3 is 5.32 Å². The van der Waals surface area contributed by atoms with Crippen LogP contribution >= 0.6 is 0 Å². The van der Waals surface area contributed by atoms with Gasteiger partial charge >= 0.3 is 0 Å². The predicted octanol–water partition coefficient (Wildman–Crippen LogP) is -1.70. The molecule has 0 aliphatic rings. The molecule has 1 amide bonds. The molecule has 0 saturated carbocycles. The maximum absolute atomic E-state index is 11.7. The molecule has 0 aliphatic carbocycles. The molecule has 2 aromatic heterocycles. The second-order valence-corrected chi connectivity index (χ2v) is 5.24. The predicted molar refractivity (Wildman–Crippen MR) is 63.2 cm³/mol. The Hall–Kier alpha value is -2.27. The smallest absolute Gasteiger partial charge is 0.247 e. The molecule has 0 atom stereocenters. The van der Waals surface area contributed by atoms with E-state index < -0.39 is 15.9 Å². The first-order chi connectivity index (χ1) is 8.86. The summed E-state index contributed by atoms with van der Waals surface area (Å²) in [5.74, 6) is -0.607. The zero-order valence-corrected chi connectivity index (χ0v) is 10.7. The van der Waals surface area contributed by atoms with E-state index in [1.165, 1.54) is 35.0 Å². The van der Waals surface area contributed by atoms with Crippen molar-refractivity contribution in [3.8, 4) is 0 Å². The zero-order chi connectivity index (χ0) is 14.0. The van der Waals surface area contributed by atoms with Crippen LogP contribution in [0.2, 0.25) is 0 Å². The van der Waals surface area contributed by atoms with E-state index in [0.717, 1.165) is 0 Å². The standard InChI is InChI=1S/C8H11N7O3S/c1-14-4-6(19(9,17)18)8(12-14)11-7(16)5-15-3-2-10-13-15/h2-4H,5H2,1H3,(H2,9,17,18)(H,11,12,16). The molecule has 2 rings (SSSR count). The van der Waals surface area contributed by atoms with E-state index in [1.54, 1.807) is 0 Å². The second-order valence-electron chi connectivity index (χ2n) is 3.71. The normalized spacial score (nSPS) is 11.5. The third-order valence-corrected chi connectivity index (χ3v) is 3.05. The van der Waals surface area contributed by atoms with Crippen LogP contribution < -0.4 is 10.5 Å². The first kappa shape index (κ1) is 13.2. The number of nitrogens with two attached hydrogens (primary N) is 1. The van der Waals surface area contributed by atoms with E-state index in [2.05, 4.69) is 20.7 Å². The van der Waals surface area contributed by atoms with Crippen LogP contribution in [0.25, 0.3) is 0 Å². The Balaban J connectivity index is 2.17. The number of amides is 1. The number of anilines is 1. The number of hydrogen-bond donors (Lipinski definition) is 2. The Morgan fingerprint density at radius 1 is 1.53 bits per heavy atom. The summed E-state index contributed by atoms with van der Waals surface area (Å²) < 4.78 is 25.1. The lowest BCUT2D eigenvalue weighted by Gasteiger charge is -2.03. The van der Waals surface area contributed by atoms with Gasteiger partial charge in [0.25, 0.3) is 0 Å². The summed E-state index contributed by atoms with van der Waals surface area (Å²) in [4.78, 5) is 11.4. The average Bonchev–Trinajstić information content (AvgIpc) is 2.87. The minimum atomic E-state index is -3.95. The average molecular weight is 285 g/mol. The van der Waals surface area contributed by atoms with Crippen molar-refractivity contribution in [3.63, 3.8) is 0 Å². The first-order valence-electron chi connectivity index (χ1n) is 5.06. The summed E-state index contributed by atoms with van der Waals surface area (Å²) in [5.41, 5.74) is 0. The fraction of sp³-hybridized carbons (Fsp3) is 0.250. The molecule has 0 unspecified atom stereocenters. The molecule has 0 radical (unpaired) electrons. The van der Waals surface area contributed by atoms with Crippen LogP contribution in [0.4, 0.5) is 5.82 Å². The van der Waals surface area contributed by atoms with Crippen molar-refractivity contribution in [2.45, 2.75) is 11.4 Å². The Morgan fingerprint density at radius 2 is 2.26 bits per heavy atom. The van der Waals surface area contributed by atoms with Gasteiger partial charge in [-0.05, 0) is 0 Å². The number of nitrogens with one attached hydrogen (secondary N) is 1. The molecule has 0 bridgehead atoms. The molecule has 0 fully saturated rings. The van der Waals surface area contributed by atoms with E-state index in [4.69, 9.17) is 5.14 Å². The van der Waals surface area contributed by atoms with Crippen LogP contribution in [0.1, 0.15) is 0 Å². The summed E-state index contributed by atoms with van der Waals surface area (Å²) >= 11 is 0. The van der Waals surface area contributed by atoms with Crippen LogP contribution in [0.5, 0.6) is 0 Å². The largest absolute Gasteiger partial charge is 0.306 e. The van der Waals surface area contributed by atoms with E-state index in [9.17, 15) is 13.2 Å². The van der Waals surface area contributed by atoms with E-state index >= 15 is 0 Å². The molecule has 0 aromatic carbocycles. The lowest BCUT2D eigenvalue weighted by Crippen LogP contribution is -2.21. The monoisotopic (exact) mass is 285 g/mol. The van der Waals surface area contributed by atoms with Crippen molar-refractivity contribution in [1.29, 1.82) is 0 Å². The number of aromatic nitrogens is 5. The van der Waals surface area contributed by atoms with Crippen molar-refractivity contribution < 1.29 is 13.2 Å². The third kappa shape index (κ3) is 3.14. The molecule has 19 heavy (non-hydrogen) atoms. The molecular weight excluding hydrogens is 274 g/mol. The molecular formula is C8H11N7O3S. The van der Waals surface area contributed by atoms with Crippen molar-refractivity contribution in [1.82, 2.24) is 24.8 Å². The first-order valence-corrected chi connectivity index (χ1v) is 6.61. The number of carbonyl (C=O) groups excluding carboxylic acids is 1. The lowest BCUT2D eigenvalue weighted by molar-refractivity contribution is -0.117. The lowest BCUT2D eigenvalue weighted by atomic mass is 10.5. The number of primary sulfonamides is 1. The number of sulfonamides is 1. The van der Waals surface area contributed by atoms with Crippen LogP contribution in [0, 0.1) is 0 Å². The number of aryl methyl sites for hydroxylation is 1. The minimum Gasteiger partial charge on any atom is -0.306 e. The van der Waals surface area contributed by atoms with Crippen LogP contribution in [-0.4, -0.2) is 39.1 Å². The maximum Gasteiger partial charge on any atom is 0.247 e. The fourth-order valence-corrected chi connectivity index (χ4v) is 2.06. The van der Waals surface area contributed by atoms with Gasteiger partial charge in [-0.25, -0.2) is 18.2 Å². The van der Waals surface area contributed by atoms with Crippen molar-refractivity contribution in [2.75, 3.05) is 5.32 Å². The highest BCUT2D eigenvalue weighted by Gasteiger charge is 2.20. The van der Waals surface area contributed by atoms with Gasteiger partial charge in [0, 0.05) is 19.4 Å². The summed E-state index contributed by atoms with van der Waals surface area (Å²) in [6.45, 7) is -0.110. The SMILES string of the molecule is Cn1cc(S(N)(=O)=O)c(NC(=O)Cn2ccnn2)n1. The highest BCUT2D eigenvalue weighted by atomic mass is 32.2. The number of nitrogens with zero attached hydrogens (tertiary/aromatic N) is 5. The highest BCUT2D eigenvalue weighted by molar-refractivity contribution is 7.89. The third-order valence-electron chi connectivity index (χ3n) is 2.14. The summed E-state index contributed by atoms with van der Waals surface area (Å²) in [6, 6.07) is 0. The van der Waals surface area contributed by atoms with Gasteiger partial charge in [0.1, 0.15) is 11.4 Å². The van der Waals surface area contributed by atoms with Crippen molar-refractivity contribution in [3.05, 3.63) is 18.6 Å². The van der Waals surface area contributed by atoms with E-state index in [0.29, 0.717) is 0 Å². The molecule has 10 nitrogen and oxygen atoms in total. The molecule has 2 aromatic rings. The van der Waals surface area contributed by atoms with Gasteiger partial charge in [-0.15, -0.1) is 5.10 Å². The van der Waals surface area contributed by atoms with E-state index in [-0.39, 0.29) is 17.3 Å². The van der Waals surface area contributed by atoms with Gasteiger partial charge in [-0.1, -0.05) is 5.21 Å². The van der Waals surface area contributed by atoms with Gasteiger partial charge in [0.15, 0.2) is 5.82 Å². The molecule has 102 valence electrons. The van der Waals surface area contributed by atoms with Crippen molar-refractivity contribution >= 4 is 21.7 Å². The Morgan fingerprint density at radius 3 is 2.84 bits per heavy atom. The Bertz CT molecular complexity index is 688. The zero-order valence-electron chi connectivity index (χ0n) is 9.89. The molecule has 11 heteroatoms. The molecule has 0 saturated heterocycles. The number of hydrogen-bond acceptors (Lipinski definition) is 6. The Kier molecular flexibility index (Phi) is 3.31. The van der Waals surface area contributed by atoms with Gasteiger partial charge in [0.05, 0.1) is 6.20 Å². The molecule has 3 N–H and O–H groups in total. The van der Waals surface area contributed by atoms with Crippen LogP contribution in [-0.2, 0) is 28.4 Å². The summed E-state index contributed by atoms with van der Waals surface area (Å²) in [6.07, 6.45) is 4.13. The summed E-state index contributed by atoms with van der Waals surface area (Å²) in [5, 5.41) is 18.4. The molecule has 0 spiro atoms. The van der Waals surface area contributed by atoms with E-state index in [1.807, 2.05) is 0 Å². The highest BCUT2D eigenvalue weighted by Crippen LogP contribution is 2.17. The quantitative estimate of drug-likeness (QED) is 0.686. The molecule has 2 heterocycles. The second kappa shape index (κ2) is 4.78. The van der Waals surface area contributed by atoms with Crippen molar-refractivity contribution in [2.24, 2.45) is 12.2 Å². The van der Waals surface area contributed by atoms with Gasteiger partial charge in [0.2, 0.25) is 15.9 Å². The Labute approximate surface area is 108 Å². The minimum absolute atomic E-state index is 0.110. The number of carbonyl (C=O) groups is 1. The number of rotatable bonds is 4. The topological polar surface area (TPSA) is 138 Å². The fourth-order valence-electron chi connectivity index (χ4n) is 1.40.